The second kappa shape index (κ2) is 6.38. The molecule has 1 aromatic carbocycles. The summed E-state index contributed by atoms with van der Waals surface area (Å²) in [5.41, 5.74) is 2.09. The van der Waals surface area contributed by atoms with Gasteiger partial charge in [-0.1, -0.05) is 23.7 Å². The van der Waals surface area contributed by atoms with Gasteiger partial charge in [0, 0.05) is 13.6 Å². The topological polar surface area (TPSA) is 77.5 Å². The average Bonchev–Trinajstić information content (AvgIpc) is 3.22. The Bertz CT molecular complexity index is 790. The van der Waals surface area contributed by atoms with Crippen molar-refractivity contribution in [2.45, 2.75) is 25.8 Å². The van der Waals surface area contributed by atoms with Crippen molar-refractivity contribution in [2.24, 2.45) is 5.92 Å². The normalized spacial score (nSPS) is 14.5. The fraction of sp³-hybridized carbons (Fsp3) is 0.438. The highest BCUT2D eigenvalue weighted by molar-refractivity contribution is 5.35. The van der Waals surface area contributed by atoms with Crippen molar-refractivity contribution in [1.82, 2.24) is 35.0 Å². The van der Waals surface area contributed by atoms with Crippen LogP contribution in [0.5, 0.6) is 0 Å². The Hall–Kier alpha value is -2.77. The van der Waals surface area contributed by atoms with Gasteiger partial charge in [-0.3, -0.25) is 0 Å². The van der Waals surface area contributed by atoms with E-state index in [2.05, 4.69) is 49.7 Å². The van der Waals surface area contributed by atoms with Crippen LogP contribution in [0.4, 0.5) is 5.95 Å². The SMILES string of the molecule is CN(CC1CCC1)c1nnnn1Cc1cccc(-n2cncn2)c1. The Balaban J connectivity index is 1.51. The molecule has 0 spiro atoms. The Morgan fingerprint density at radius 2 is 2.21 bits per heavy atom. The monoisotopic (exact) mass is 324 g/mol. The third kappa shape index (κ3) is 2.99. The number of rotatable bonds is 6. The summed E-state index contributed by atoms with van der Waals surface area (Å²) in [4.78, 5) is 6.15. The van der Waals surface area contributed by atoms with Crippen molar-refractivity contribution in [3.05, 3.63) is 42.5 Å². The van der Waals surface area contributed by atoms with Crippen LogP contribution in [-0.4, -0.2) is 48.6 Å². The second-order valence-corrected chi connectivity index (χ2v) is 6.32. The van der Waals surface area contributed by atoms with Gasteiger partial charge in [-0.2, -0.15) is 5.10 Å². The quantitative estimate of drug-likeness (QED) is 0.684. The van der Waals surface area contributed by atoms with E-state index in [4.69, 9.17) is 0 Å². The van der Waals surface area contributed by atoms with Crippen molar-refractivity contribution < 1.29 is 0 Å². The van der Waals surface area contributed by atoms with Crippen LogP contribution < -0.4 is 4.90 Å². The van der Waals surface area contributed by atoms with Crippen LogP contribution in [0.3, 0.4) is 0 Å². The fourth-order valence-corrected chi connectivity index (χ4v) is 3.03. The molecule has 2 aromatic heterocycles. The van der Waals surface area contributed by atoms with Crippen LogP contribution in [0.1, 0.15) is 24.8 Å². The molecular weight excluding hydrogens is 304 g/mol. The zero-order chi connectivity index (χ0) is 16.4. The van der Waals surface area contributed by atoms with E-state index in [0.717, 1.165) is 29.7 Å². The third-order valence-corrected chi connectivity index (χ3v) is 4.54. The molecule has 0 unspecified atom stereocenters. The number of hydrogen-bond acceptors (Lipinski definition) is 6. The van der Waals surface area contributed by atoms with Gasteiger partial charge in [-0.15, -0.1) is 0 Å². The molecule has 0 atom stereocenters. The molecule has 0 N–H and O–H groups in total. The minimum Gasteiger partial charge on any atom is -0.342 e. The van der Waals surface area contributed by atoms with Crippen molar-refractivity contribution >= 4 is 5.95 Å². The molecule has 8 heteroatoms. The molecule has 3 aromatic rings. The molecule has 0 bridgehead atoms. The van der Waals surface area contributed by atoms with Gasteiger partial charge in [0.1, 0.15) is 12.7 Å². The molecule has 8 nitrogen and oxygen atoms in total. The van der Waals surface area contributed by atoms with Crippen LogP contribution in [0.25, 0.3) is 5.69 Å². The molecule has 0 amide bonds. The standard InChI is InChI=1S/C16H20N8/c1-22(9-13-4-2-5-13)16-19-20-21-23(16)10-14-6-3-7-15(8-14)24-12-17-11-18-24/h3,6-8,11-13H,2,4-5,9-10H2,1H3. The van der Waals surface area contributed by atoms with Crippen molar-refractivity contribution in [1.29, 1.82) is 0 Å². The Morgan fingerprint density at radius 1 is 1.29 bits per heavy atom. The number of anilines is 1. The van der Waals surface area contributed by atoms with E-state index in [0.29, 0.717) is 6.54 Å². The van der Waals surface area contributed by atoms with Crippen LogP contribution in [0.2, 0.25) is 0 Å². The van der Waals surface area contributed by atoms with E-state index in [1.54, 1.807) is 11.0 Å². The molecule has 2 heterocycles. The summed E-state index contributed by atoms with van der Waals surface area (Å²) in [6.07, 6.45) is 7.19. The summed E-state index contributed by atoms with van der Waals surface area (Å²) in [6, 6.07) is 8.15. The van der Waals surface area contributed by atoms with Crippen LogP contribution in [0.15, 0.2) is 36.9 Å². The number of hydrogen-bond donors (Lipinski definition) is 0. The zero-order valence-electron chi connectivity index (χ0n) is 13.7. The van der Waals surface area contributed by atoms with E-state index >= 15 is 0 Å². The summed E-state index contributed by atoms with van der Waals surface area (Å²) < 4.78 is 3.59. The first-order valence-corrected chi connectivity index (χ1v) is 8.21. The molecule has 4 rings (SSSR count). The maximum Gasteiger partial charge on any atom is 0.245 e. The Morgan fingerprint density at radius 3 is 2.96 bits per heavy atom. The van der Waals surface area contributed by atoms with Gasteiger partial charge in [-0.05, 0) is 46.9 Å². The minimum absolute atomic E-state index is 0.625. The molecule has 124 valence electrons. The highest BCUT2D eigenvalue weighted by Crippen LogP contribution is 2.27. The maximum atomic E-state index is 4.20. The lowest BCUT2D eigenvalue weighted by Crippen LogP contribution is -2.31. The van der Waals surface area contributed by atoms with Crippen molar-refractivity contribution in [2.75, 3.05) is 18.5 Å². The average molecular weight is 324 g/mol. The predicted molar refractivity (Wildman–Crippen MR) is 88.9 cm³/mol. The van der Waals surface area contributed by atoms with Gasteiger partial charge in [-0.25, -0.2) is 14.3 Å². The molecule has 24 heavy (non-hydrogen) atoms. The zero-order valence-corrected chi connectivity index (χ0v) is 13.7. The first-order chi connectivity index (χ1) is 11.8. The van der Waals surface area contributed by atoms with Crippen molar-refractivity contribution in [3.63, 3.8) is 0 Å². The molecule has 1 aliphatic rings. The van der Waals surface area contributed by atoms with Gasteiger partial charge in [0.05, 0.1) is 12.2 Å². The third-order valence-electron chi connectivity index (χ3n) is 4.54. The molecule has 1 aliphatic carbocycles. The Kier molecular flexibility index (Phi) is 3.94. The summed E-state index contributed by atoms with van der Waals surface area (Å²) in [5, 5.41) is 16.4. The molecule has 0 saturated heterocycles. The number of tetrazole rings is 1. The van der Waals surface area contributed by atoms with Gasteiger partial charge in [0.15, 0.2) is 0 Å². The van der Waals surface area contributed by atoms with Gasteiger partial charge in [0.2, 0.25) is 5.95 Å². The summed E-state index contributed by atoms with van der Waals surface area (Å²) >= 11 is 0. The maximum absolute atomic E-state index is 4.20. The minimum atomic E-state index is 0.625. The van der Waals surface area contributed by atoms with E-state index < -0.39 is 0 Å². The molecule has 0 radical (unpaired) electrons. The predicted octanol–water partition coefficient (Wildman–Crippen LogP) is 1.54. The van der Waals surface area contributed by atoms with E-state index in [9.17, 15) is 0 Å². The van der Waals surface area contributed by atoms with E-state index in [1.807, 2.05) is 16.8 Å². The molecule has 1 fully saturated rings. The van der Waals surface area contributed by atoms with Crippen molar-refractivity contribution in [3.8, 4) is 5.69 Å². The lowest BCUT2D eigenvalue weighted by molar-refractivity contribution is 0.319. The van der Waals surface area contributed by atoms with E-state index in [-0.39, 0.29) is 0 Å². The number of nitrogens with zero attached hydrogens (tertiary/aromatic N) is 8. The van der Waals surface area contributed by atoms with Gasteiger partial charge >= 0.3 is 0 Å². The number of aromatic nitrogens is 7. The highest BCUT2D eigenvalue weighted by atomic mass is 15.6. The fourth-order valence-electron chi connectivity index (χ4n) is 3.03. The van der Waals surface area contributed by atoms with Gasteiger partial charge < -0.3 is 4.90 Å². The molecule has 0 aliphatic heterocycles. The second-order valence-electron chi connectivity index (χ2n) is 6.32. The summed E-state index contributed by atoms with van der Waals surface area (Å²) in [7, 11) is 2.06. The van der Waals surface area contributed by atoms with Crippen LogP contribution >= 0.6 is 0 Å². The smallest absolute Gasteiger partial charge is 0.245 e. The van der Waals surface area contributed by atoms with Crippen LogP contribution in [-0.2, 0) is 6.54 Å². The molecular formula is C16H20N8. The summed E-state index contributed by atoms with van der Waals surface area (Å²) in [6.45, 7) is 1.64. The first-order valence-electron chi connectivity index (χ1n) is 8.21. The largest absolute Gasteiger partial charge is 0.342 e. The molecule has 1 saturated carbocycles. The van der Waals surface area contributed by atoms with Gasteiger partial charge in [0.25, 0.3) is 0 Å². The number of benzene rings is 1. The Labute approximate surface area is 140 Å². The first kappa shape index (κ1) is 14.8. The lowest BCUT2D eigenvalue weighted by atomic mass is 9.85. The van der Waals surface area contributed by atoms with Crippen LogP contribution in [0, 0.1) is 5.92 Å². The lowest BCUT2D eigenvalue weighted by Gasteiger charge is -2.30. The highest BCUT2D eigenvalue weighted by Gasteiger charge is 2.21. The van der Waals surface area contributed by atoms with E-state index in [1.165, 1.54) is 25.6 Å². The summed E-state index contributed by atoms with van der Waals surface area (Å²) in [5.74, 6) is 1.59.